The standard InChI is InChI=1S/C14H12BrNO4/c15-8-10-4-5-13(16(18)19)14(7-10)20-9-11-2-1-3-12(17)6-11/h1-7,17H,8-9H2. The lowest BCUT2D eigenvalue weighted by molar-refractivity contribution is -0.386. The predicted octanol–water partition coefficient (Wildman–Crippen LogP) is 3.77. The van der Waals surface area contributed by atoms with E-state index in [2.05, 4.69) is 15.9 Å². The number of phenolic OH excluding ortho intramolecular Hbond substituents is 1. The largest absolute Gasteiger partial charge is 0.508 e. The van der Waals surface area contributed by atoms with Crippen LogP contribution in [0.25, 0.3) is 0 Å². The van der Waals surface area contributed by atoms with Crippen molar-refractivity contribution in [1.82, 2.24) is 0 Å². The number of nitrogens with zero attached hydrogens (tertiary/aromatic N) is 1. The molecule has 0 saturated heterocycles. The summed E-state index contributed by atoms with van der Waals surface area (Å²) in [5, 5.41) is 20.9. The molecule has 0 amide bonds. The summed E-state index contributed by atoms with van der Waals surface area (Å²) >= 11 is 3.30. The number of ether oxygens (including phenoxy) is 1. The second-order valence-corrected chi connectivity index (χ2v) is 4.71. The molecule has 0 aliphatic heterocycles. The van der Waals surface area contributed by atoms with E-state index < -0.39 is 4.92 Å². The molecule has 104 valence electrons. The summed E-state index contributed by atoms with van der Waals surface area (Å²) in [6.45, 7) is 0.154. The SMILES string of the molecule is O=[N+]([O-])c1ccc(CBr)cc1OCc1cccc(O)c1. The first-order valence-corrected chi connectivity index (χ1v) is 6.96. The van der Waals surface area contributed by atoms with Crippen LogP contribution in [-0.4, -0.2) is 10.0 Å². The van der Waals surface area contributed by atoms with Crippen LogP contribution in [0.3, 0.4) is 0 Å². The van der Waals surface area contributed by atoms with Crippen molar-refractivity contribution in [3.8, 4) is 11.5 Å². The molecule has 0 unspecified atom stereocenters. The number of halogens is 1. The fraction of sp³-hybridized carbons (Fsp3) is 0.143. The molecule has 2 rings (SSSR count). The summed E-state index contributed by atoms with van der Waals surface area (Å²) in [5.74, 6) is 0.352. The molecule has 0 bridgehead atoms. The van der Waals surface area contributed by atoms with Gasteiger partial charge in [0.05, 0.1) is 4.92 Å². The minimum absolute atomic E-state index is 0.0742. The molecule has 20 heavy (non-hydrogen) atoms. The van der Waals surface area contributed by atoms with Crippen LogP contribution in [0.1, 0.15) is 11.1 Å². The third-order valence-corrected chi connectivity index (χ3v) is 3.33. The summed E-state index contributed by atoms with van der Waals surface area (Å²) in [6.07, 6.45) is 0. The van der Waals surface area contributed by atoms with E-state index in [4.69, 9.17) is 4.74 Å². The molecule has 2 aromatic rings. The Labute approximate surface area is 124 Å². The molecule has 0 fully saturated rings. The third kappa shape index (κ3) is 3.48. The lowest BCUT2D eigenvalue weighted by Crippen LogP contribution is -1.99. The summed E-state index contributed by atoms with van der Waals surface area (Å²) < 4.78 is 5.51. The van der Waals surface area contributed by atoms with Gasteiger partial charge >= 0.3 is 5.69 Å². The van der Waals surface area contributed by atoms with E-state index in [1.165, 1.54) is 6.07 Å². The Hall–Kier alpha value is -2.08. The van der Waals surface area contributed by atoms with E-state index >= 15 is 0 Å². The molecule has 6 heteroatoms. The van der Waals surface area contributed by atoms with Crippen LogP contribution in [0.4, 0.5) is 5.69 Å². The Morgan fingerprint density at radius 2 is 2.00 bits per heavy atom. The van der Waals surface area contributed by atoms with Crippen molar-refractivity contribution in [2.45, 2.75) is 11.9 Å². The molecule has 0 heterocycles. The van der Waals surface area contributed by atoms with Gasteiger partial charge in [-0.15, -0.1) is 0 Å². The van der Waals surface area contributed by atoms with Crippen LogP contribution in [0.2, 0.25) is 0 Å². The van der Waals surface area contributed by atoms with E-state index in [0.717, 1.165) is 11.1 Å². The van der Waals surface area contributed by atoms with E-state index in [1.807, 2.05) is 0 Å². The highest BCUT2D eigenvalue weighted by Gasteiger charge is 2.15. The molecule has 0 atom stereocenters. The van der Waals surface area contributed by atoms with Crippen molar-refractivity contribution in [1.29, 1.82) is 0 Å². The molecule has 0 aliphatic rings. The maximum atomic E-state index is 11.0. The Balaban J connectivity index is 2.21. The first kappa shape index (κ1) is 14.3. The molecule has 0 aromatic heterocycles. The van der Waals surface area contributed by atoms with E-state index in [9.17, 15) is 15.2 Å². The van der Waals surface area contributed by atoms with Gasteiger partial charge in [0.25, 0.3) is 0 Å². The van der Waals surface area contributed by atoms with E-state index in [1.54, 1.807) is 36.4 Å². The highest BCUT2D eigenvalue weighted by atomic mass is 79.9. The van der Waals surface area contributed by atoms with Gasteiger partial charge in [-0.05, 0) is 29.3 Å². The molecule has 0 radical (unpaired) electrons. The van der Waals surface area contributed by atoms with Crippen molar-refractivity contribution in [2.75, 3.05) is 0 Å². The van der Waals surface area contributed by atoms with Gasteiger partial charge in [-0.25, -0.2) is 0 Å². The monoisotopic (exact) mass is 337 g/mol. The zero-order valence-corrected chi connectivity index (χ0v) is 12.0. The molecule has 2 aromatic carbocycles. The molecular weight excluding hydrogens is 326 g/mol. The van der Waals surface area contributed by atoms with Crippen molar-refractivity contribution in [3.05, 3.63) is 63.7 Å². The fourth-order valence-corrected chi connectivity index (χ4v) is 2.06. The Morgan fingerprint density at radius 3 is 2.65 bits per heavy atom. The molecule has 5 nitrogen and oxygen atoms in total. The van der Waals surface area contributed by atoms with Crippen molar-refractivity contribution in [3.63, 3.8) is 0 Å². The Bertz CT molecular complexity index is 630. The van der Waals surface area contributed by atoms with Crippen LogP contribution in [0.5, 0.6) is 11.5 Å². The van der Waals surface area contributed by atoms with E-state index in [-0.39, 0.29) is 23.8 Å². The summed E-state index contributed by atoms with van der Waals surface area (Å²) in [7, 11) is 0. The third-order valence-electron chi connectivity index (χ3n) is 2.68. The second kappa shape index (κ2) is 6.38. The number of alkyl halides is 1. The maximum absolute atomic E-state index is 11.0. The number of phenols is 1. The maximum Gasteiger partial charge on any atom is 0.310 e. The fourth-order valence-electron chi connectivity index (χ4n) is 1.72. The first-order valence-electron chi connectivity index (χ1n) is 5.84. The predicted molar refractivity (Wildman–Crippen MR) is 78.2 cm³/mol. The van der Waals surface area contributed by atoms with Crippen LogP contribution >= 0.6 is 15.9 Å². The van der Waals surface area contributed by atoms with Gasteiger partial charge in [0.2, 0.25) is 0 Å². The lowest BCUT2D eigenvalue weighted by Gasteiger charge is -2.08. The number of nitro groups is 1. The zero-order valence-electron chi connectivity index (χ0n) is 10.5. The van der Waals surface area contributed by atoms with Crippen LogP contribution in [-0.2, 0) is 11.9 Å². The van der Waals surface area contributed by atoms with Gasteiger partial charge in [0.15, 0.2) is 5.75 Å². The van der Waals surface area contributed by atoms with Gasteiger partial charge in [-0.2, -0.15) is 0 Å². The summed E-state index contributed by atoms with van der Waals surface area (Å²) in [6, 6.07) is 11.3. The average molecular weight is 338 g/mol. The minimum atomic E-state index is -0.476. The number of nitro benzene ring substituents is 1. The molecule has 0 aliphatic carbocycles. The number of benzene rings is 2. The summed E-state index contributed by atoms with van der Waals surface area (Å²) in [5.41, 5.74) is 1.56. The van der Waals surface area contributed by atoms with Gasteiger partial charge in [-0.3, -0.25) is 10.1 Å². The van der Waals surface area contributed by atoms with Gasteiger partial charge < -0.3 is 9.84 Å². The van der Waals surface area contributed by atoms with Crippen molar-refractivity contribution in [2.24, 2.45) is 0 Å². The number of hydrogen-bond donors (Lipinski definition) is 1. The van der Waals surface area contributed by atoms with E-state index in [0.29, 0.717) is 5.33 Å². The zero-order chi connectivity index (χ0) is 14.5. The van der Waals surface area contributed by atoms with Gasteiger partial charge in [0, 0.05) is 11.4 Å². The number of rotatable bonds is 5. The molecule has 1 N–H and O–H groups in total. The first-order chi connectivity index (χ1) is 9.60. The van der Waals surface area contributed by atoms with Gasteiger partial charge in [-0.1, -0.05) is 34.1 Å². The number of aromatic hydroxyl groups is 1. The topological polar surface area (TPSA) is 72.6 Å². The van der Waals surface area contributed by atoms with Crippen LogP contribution in [0, 0.1) is 10.1 Å². The smallest absolute Gasteiger partial charge is 0.310 e. The van der Waals surface area contributed by atoms with Gasteiger partial charge in [0.1, 0.15) is 12.4 Å². The highest BCUT2D eigenvalue weighted by molar-refractivity contribution is 9.08. The number of hydrogen-bond acceptors (Lipinski definition) is 4. The molecule has 0 saturated carbocycles. The van der Waals surface area contributed by atoms with Crippen molar-refractivity contribution < 1.29 is 14.8 Å². The Kier molecular flexibility index (Phi) is 4.57. The molecular formula is C14H12BrNO4. The summed E-state index contributed by atoms with van der Waals surface area (Å²) in [4.78, 5) is 10.5. The quantitative estimate of drug-likeness (QED) is 0.512. The minimum Gasteiger partial charge on any atom is -0.508 e. The van der Waals surface area contributed by atoms with Crippen LogP contribution in [0.15, 0.2) is 42.5 Å². The van der Waals surface area contributed by atoms with Crippen LogP contribution < -0.4 is 4.74 Å². The van der Waals surface area contributed by atoms with Crippen molar-refractivity contribution >= 4 is 21.6 Å². The molecule has 0 spiro atoms. The average Bonchev–Trinajstić information content (AvgIpc) is 2.44. The Morgan fingerprint density at radius 1 is 1.20 bits per heavy atom. The second-order valence-electron chi connectivity index (χ2n) is 4.15. The normalized spacial score (nSPS) is 10.2. The lowest BCUT2D eigenvalue weighted by atomic mass is 10.2. The highest BCUT2D eigenvalue weighted by Crippen LogP contribution is 2.29.